The highest BCUT2D eigenvalue weighted by Gasteiger charge is 2.24. The van der Waals surface area contributed by atoms with Crippen LogP contribution in [0.25, 0.3) is 106 Å². The Morgan fingerprint density at radius 2 is 0.791 bits per heavy atom. The van der Waals surface area contributed by atoms with E-state index in [-0.39, 0.29) is 0 Å². The molecule has 9 aromatic carbocycles. The van der Waals surface area contributed by atoms with Gasteiger partial charge in [0.2, 0.25) is 0 Å². The number of hydrogen-bond donors (Lipinski definition) is 0. The van der Waals surface area contributed by atoms with Gasteiger partial charge in [0, 0.05) is 38.6 Å². The molecule has 5 heteroatoms. The largest absolute Gasteiger partial charge is 0.308 e. The Morgan fingerprint density at radius 3 is 1.28 bits per heavy atom. The Kier molecular flexibility index (Phi) is 10.4. The van der Waals surface area contributed by atoms with Crippen molar-refractivity contribution in [2.45, 2.75) is 13.8 Å². The second kappa shape index (κ2) is 17.1. The van der Waals surface area contributed by atoms with Gasteiger partial charge in [-0.05, 0) is 114 Å². The molecule has 0 fully saturated rings. The van der Waals surface area contributed by atoms with Crippen LogP contribution in [0.2, 0.25) is 0 Å². The van der Waals surface area contributed by atoms with E-state index < -0.39 is 0 Å². The van der Waals surface area contributed by atoms with Gasteiger partial charge in [-0.15, -0.1) is 0 Å². The highest BCUT2D eigenvalue weighted by Crippen LogP contribution is 2.46. The van der Waals surface area contributed by atoms with Gasteiger partial charge in [0.05, 0.1) is 51.4 Å². The van der Waals surface area contributed by atoms with Crippen LogP contribution in [-0.4, -0.2) is 14.5 Å². The van der Waals surface area contributed by atoms with Crippen molar-refractivity contribution in [2.24, 2.45) is 0 Å². The molecule has 2 heterocycles. The molecule has 5 nitrogen and oxygen atoms in total. The minimum atomic E-state index is 0.550. The lowest BCUT2D eigenvalue weighted by Gasteiger charge is -2.21. The van der Waals surface area contributed by atoms with E-state index in [0.717, 1.165) is 100 Å². The maximum atomic E-state index is 10.3. The summed E-state index contributed by atoms with van der Waals surface area (Å²) in [5.74, 6) is 0.610. The minimum absolute atomic E-state index is 0.550. The molecular formula is C62H41N5. The van der Waals surface area contributed by atoms with E-state index in [1.165, 1.54) is 11.1 Å². The van der Waals surface area contributed by atoms with Crippen LogP contribution in [0.3, 0.4) is 0 Å². The summed E-state index contributed by atoms with van der Waals surface area (Å²) in [6.07, 6.45) is 0. The van der Waals surface area contributed by atoms with E-state index in [9.17, 15) is 10.5 Å². The standard InChI is InChI=1S/C62H41N5/c1-40-13-9-21-46(29-40)48-25-27-59-55(33-48)56-34-49(47-22-10-14-41(2)30-47)26-28-60(56)67(59)61-53(50-23-11-15-42(31-50)38-63)35-52(36-54(61)51-24-12-16-43(32-51)39-64)58-37-57(44-17-5-3-6-18-44)65-62(66-58)45-19-7-4-8-20-45/h3-37H,1-2H3. The minimum Gasteiger partial charge on any atom is -0.308 e. The van der Waals surface area contributed by atoms with Crippen molar-refractivity contribution in [3.63, 3.8) is 0 Å². The van der Waals surface area contributed by atoms with Gasteiger partial charge in [-0.3, -0.25) is 0 Å². The third-order valence-corrected chi connectivity index (χ3v) is 12.5. The number of benzene rings is 9. The van der Waals surface area contributed by atoms with E-state index in [1.54, 1.807) is 0 Å². The highest BCUT2D eigenvalue weighted by molar-refractivity contribution is 6.13. The van der Waals surface area contributed by atoms with Crippen molar-refractivity contribution in [1.29, 1.82) is 10.5 Å². The molecule has 0 unspecified atom stereocenters. The van der Waals surface area contributed by atoms with E-state index in [0.29, 0.717) is 17.0 Å². The number of rotatable bonds is 8. The molecule has 67 heavy (non-hydrogen) atoms. The molecule has 0 saturated carbocycles. The molecule has 0 aliphatic rings. The van der Waals surface area contributed by atoms with Crippen LogP contribution in [0.5, 0.6) is 0 Å². The van der Waals surface area contributed by atoms with Crippen molar-refractivity contribution in [3.8, 4) is 96.2 Å². The zero-order valence-corrected chi connectivity index (χ0v) is 36.9. The summed E-state index contributed by atoms with van der Waals surface area (Å²) in [6, 6.07) is 78.0. The second-order valence-electron chi connectivity index (χ2n) is 17.0. The summed E-state index contributed by atoms with van der Waals surface area (Å²) in [6.45, 7) is 4.26. The maximum Gasteiger partial charge on any atom is 0.160 e. The molecule has 0 amide bonds. The van der Waals surface area contributed by atoms with Gasteiger partial charge in [-0.25, -0.2) is 9.97 Å². The fourth-order valence-electron chi connectivity index (χ4n) is 9.32. The first kappa shape index (κ1) is 40.6. The van der Waals surface area contributed by atoms with Crippen LogP contribution >= 0.6 is 0 Å². The van der Waals surface area contributed by atoms with Gasteiger partial charge >= 0.3 is 0 Å². The molecule has 0 aliphatic carbocycles. The number of nitriles is 2. The zero-order valence-electron chi connectivity index (χ0n) is 36.9. The number of aromatic nitrogens is 3. The van der Waals surface area contributed by atoms with Gasteiger partial charge in [0.15, 0.2) is 5.82 Å². The number of fused-ring (bicyclic) bond motifs is 3. The van der Waals surface area contributed by atoms with Crippen LogP contribution in [0, 0.1) is 36.5 Å². The SMILES string of the molecule is Cc1cccc(-c2ccc3c(c2)c2cc(-c4cccc(C)c4)ccc2n3-c2c(-c3cccc(C#N)c3)cc(-c3cc(-c4ccccc4)nc(-c4ccccc4)n3)cc2-c2cccc(C#N)c2)c1. The Hall–Kier alpha value is -9.16. The summed E-state index contributed by atoms with van der Waals surface area (Å²) in [7, 11) is 0. The molecule has 11 rings (SSSR count). The van der Waals surface area contributed by atoms with E-state index in [2.05, 4.69) is 158 Å². The fraction of sp³-hybridized carbons (Fsp3) is 0.0323. The molecule has 2 aromatic heterocycles. The van der Waals surface area contributed by atoms with Crippen LogP contribution in [0.1, 0.15) is 22.3 Å². The van der Waals surface area contributed by atoms with Gasteiger partial charge in [-0.2, -0.15) is 10.5 Å². The van der Waals surface area contributed by atoms with Crippen molar-refractivity contribution in [1.82, 2.24) is 14.5 Å². The predicted octanol–water partition coefficient (Wildman–Crippen LogP) is 15.6. The average Bonchev–Trinajstić information content (AvgIpc) is 3.71. The zero-order chi connectivity index (χ0) is 45.4. The van der Waals surface area contributed by atoms with Gasteiger partial charge < -0.3 is 4.57 Å². The number of hydrogen-bond acceptors (Lipinski definition) is 4. The molecule has 0 N–H and O–H groups in total. The summed E-state index contributed by atoms with van der Waals surface area (Å²) in [4.78, 5) is 10.4. The Bertz CT molecular complexity index is 3550. The quantitative estimate of drug-likeness (QED) is 0.152. The van der Waals surface area contributed by atoms with Crippen molar-refractivity contribution < 1.29 is 0 Å². The van der Waals surface area contributed by atoms with Crippen molar-refractivity contribution in [3.05, 3.63) is 235 Å². The average molecular weight is 856 g/mol. The smallest absolute Gasteiger partial charge is 0.160 e. The number of aryl methyl sites for hydroxylation is 2. The molecule has 11 aromatic rings. The molecule has 0 spiro atoms. The summed E-state index contributed by atoms with van der Waals surface area (Å²) in [5, 5.41) is 22.8. The summed E-state index contributed by atoms with van der Waals surface area (Å²) < 4.78 is 2.38. The molecule has 0 radical (unpaired) electrons. The van der Waals surface area contributed by atoms with Gasteiger partial charge in [-0.1, -0.05) is 157 Å². The normalized spacial score (nSPS) is 11.1. The third-order valence-electron chi connectivity index (χ3n) is 12.5. The molecule has 0 saturated heterocycles. The van der Waals surface area contributed by atoms with Crippen molar-refractivity contribution in [2.75, 3.05) is 0 Å². The van der Waals surface area contributed by atoms with E-state index in [4.69, 9.17) is 9.97 Å². The van der Waals surface area contributed by atoms with Crippen LogP contribution in [0.15, 0.2) is 212 Å². The summed E-state index contributed by atoms with van der Waals surface area (Å²) >= 11 is 0. The molecular weight excluding hydrogens is 815 g/mol. The van der Waals surface area contributed by atoms with Gasteiger partial charge in [0.1, 0.15) is 0 Å². The lowest BCUT2D eigenvalue weighted by molar-refractivity contribution is 1.17. The van der Waals surface area contributed by atoms with Crippen molar-refractivity contribution >= 4 is 21.8 Å². The third kappa shape index (κ3) is 7.72. The lowest BCUT2D eigenvalue weighted by Crippen LogP contribution is -2.03. The van der Waals surface area contributed by atoms with Crippen LogP contribution in [-0.2, 0) is 0 Å². The maximum absolute atomic E-state index is 10.3. The fourth-order valence-corrected chi connectivity index (χ4v) is 9.32. The molecule has 0 bridgehead atoms. The Labute approximate surface area is 389 Å². The molecule has 314 valence electrons. The Morgan fingerprint density at radius 1 is 0.358 bits per heavy atom. The highest BCUT2D eigenvalue weighted by atomic mass is 15.0. The number of nitrogens with zero attached hydrogens (tertiary/aromatic N) is 5. The molecule has 0 atom stereocenters. The second-order valence-corrected chi connectivity index (χ2v) is 17.0. The monoisotopic (exact) mass is 855 g/mol. The van der Waals surface area contributed by atoms with E-state index >= 15 is 0 Å². The first-order valence-corrected chi connectivity index (χ1v) is 22.3. The Balaban J connectivity index is 1.27. The predicted molar refractivity (Wildman–Crippen MR) is 273 cm³/mol. The van der Waals surface area contributed by atoms with Crippen LogP contribution in [0.4, 0.5) is 0 Å². The molecule has 0 aliphatic heterocycles. The lowest BCUT2D eigenvalue weighted by atomic mass is 9.90. The van der Waals surface area contributed by atoms with Gasteiger partial charge in [0.25, 0.3) is 0 Å². The topological polar surface area (TPSA) is 78.3 Å². The first-order valence-electron chi connectivity index (χ1n) is 22.3. The summed E-state index contributed by atoms with van der Waals surface area (Å²) in [5.41, 5.74) is 18.8. The van der Waals surface area contributed by atoms with Crippen LogP contribution < -0.4 is 0 Å². The van der Waals surface area contributed by atoms with E-state index in [1.807, 2.05) is 84.9 Å². The first-order chi connectivity index (χ1) is 32.9.